The maximum atomic E-state index is 8.95. The molecule has 1 aromatic heterocycles. The standard InChI is InChI=1S/C15H16BrN5/c1-3-18-15-19-9-13(16)14(20-15)21(2)10-12-6-4-5-11(7-12)8-17/h4-7,9H,3,10H2,1-2H3,(H,18,19,20). The first-order valence-corrected chi connectivity index (χ1v) is 7.40. The molecule has 0 unspecified atom stereocenters. The number of hydrogen-bond donors (Lipinski definition) is 1. The lowest BCUT2D eigenvalue weighted by molar-refractivity contribution is 0.885. The number of nitrogens with zero attached hydrogens (tertiary/aromatic N) is 4. The largest absolute Gasteiger partial charge is 0.354 e. The van der Waals surface area contributed by atoms with Crippen molar-refractivity contribution in [1.29, 1.82) is 5.26 Å². The molecule has 5 nitrogen and oxygen atoms in total. The molecule has 0 aliphatic rings. The number of benzene rings is 1. The molecule has 0 spiro atoms. The average Bonchev–Trinajstić information content (AvgIpc) is 2.49. The fourth-order valence-corrected chi connectivity index (χ4v) is 2.45. The zero-order valence-corrected chi connectivity index (χ0v) is 13.6. The monoisotopic (exact) mass is 345 g/mol. The van der Waals surface area contributed by atoms with Crippen molar-refractivity contribution in [2.45, 2.75) is 13.5 Å². The molecular weight excluding hydrogens is 330 g/mol. The molecule has 0 aliphatic heterocycles. The second kappa shape index (κ2) is 7.04. The maximum absolute atomic E-state index is 8.95. The number of aromatic nitrogens is 2. The van der Waals surface area contributed by atoms with Crippen LogP contribution in [0.3, 0.4) is 0 Å². The maximum Gasteiger partial charge on any atom is 0.224 e. The normalized spacial score (nSPS) is 10.0. The van der Waals surface area contributed by atoms with Gasteiger partial charge in [0.2, 0.25) is 5.95 Å². The Labute approximate surface area is 132 Å². The molecule has 0 atom stereocenters. The summed E-state index contributed by atoms with van der Waals surface area (Å²) in [5, 5.41) is 12.1. The minimum Gasteiger partial charge on any atom is -0.354 e. The highest BCUT2D eigenvalue weighted by Gasteiger charge is 2.10. The first-order valence-electron chi connectivity index (χ1n) is 6.60. The smallest absolute Gasteiger partial charge is 0.224 e. The predicted molar refractivity (Wildman–Crippen MR) is 87.2 cm³/mol. The van der Waals surface area contributed by atoms with Crippen LogP contribution in [0.2, 0.25) is 0 Å². The van der Waals surface area contributed by atoms with Gasteiger partial charge < -0.3 is 10.2 Å². The van der Waals surface area contributed by atoms with Crippen LogP contribution in [0.1, 0.15) is 18.1 Å². The Kier molecular flexibility index (Phi) is 5.12. The lowest BCUT2D eigenvalue weighted by Crippen LogP contribution is -2.19. The third-order valence-electron chi connectivity index (χ3n) is 2.90. The fourth-order valence-electron chi connectivity index (χ4n) is 1.96. The second-order valence-electron chi connectivity index (χ2n) is 4.56. The Morgan fingerprint density at radius 2 is 2.24 bits per heavy atom. The number of nitrogens with one attached hydrogen (secondary N) is 1. The highest BCUT2D eigenvalue weighted by molar-refractivity contribution is 9.10. The number of halogens is 1. The molecule has 1 aromatic carbocycles. The molecule has 1 N–H and O–H groups in total. The van der Waals surface area contributed by atoms with E-state index < -0.39 is 0 Å². The van der Waals surface area contributed by atoms with E-state index >= 15 is 0 Å². The summed E-state index contributed by atoms with van der Waals surface area (Å²) in [6.45, 7) is 3.44. The van der Waals surface area contributed by atoms with E-state index in [9.17, 15) is 0 Å². The number of rotatable bonds is 5. The van der Waals surface area contributed by atoms with Crippen LogP contribution < -0.4 is 10.2 Å². The van der Waals surface area contributed by atoms with Crippen LogP contribution >= 0.6 is 15.9 Å². The summed E-state index contributed by atoms with van der Waals surface area (Å²) < 4.78 is 0.836. The summed E-state index contributed by atoms with van der Waals surface area (Å²) in [4.78, 5) is 10.7. The molecule has 21 heavy (non-hydrogen) atoms. The molecule has 0 saturated heterocycles. The predicted octanol–water partition coefficient (Wildman–Crippen LogP) is 3.18. The van der Waals surface area contributed by atoms with Crippen LogP contribution in [-0.4, -0.2) is 23.6 Å². The minimum atomic E-state index is 0.605. The summed E-state index contributed by atoms with van der Waals surface area (Å²) in [5.74, 6) is 1.41. The van der Waals surface area contributed by atoms with Gasteiger partial charge in [-0.05, 0) is 40.5 Å². The van der Waals surface area contributed by atoms with Gasteiger partial charge in [-0.1, -0.05) is 12.1 Å². The first-order chi connectivity index (χ1) is 10.1. The van der Waals surface area contributed by atoms with Crippen LogP contribution in [-0.2, 0) is 6.54 Å². The molecule has 0 bridgehead atoms. The molecule has 0 fully saturated rings. The van der Waals surface area contributed by atoms with Gasteiger partial charge in [-0.2, -0.15) is 10.2 Å². The van der Waals surface area contributed by atoms with Crippen LogP contribution in [0.4, 0.5) is 11.8 Å². The van der Waals surface area contributed by atoms with Gasteiger partial charge in [-0.3, -0.25) is 0 Å². The van der Waals surface area contributed by atoms with Gasteiger partial charge in [0.15, 0.2) is 0 Å². The van der Waals surface area contributed by atoms with E-state index in [-0.39, 0.29) is 0 Å². The zero-order valence-electron chi connectivity index (χ0n) is 12.0. The molecule has 0 aliphatic carbocycles. The summed E-state index contributed by atoms with van der Waals surface area (Å²) in [6, 6.07) is 9.73. The van der Waals surface area contributed by atoms with Crippen LogP contribution in [0, 0.1) is 11.3 Å². The number of hydrogen-bond acceptors (Lipinski definition) is 5. The summed E-state index contributed by atoms with van der Waals surface area (Å²) in [7, 11) is 1.96. The highest BCUT2D eigenvalue weighted by atomic mass is 79.9. The first kappa shape index (κ1) is 15.3. The van der Waals surface area contributed by atoms with Crippen molar-refractivity contribution in [3.63, 3.8) is 0 Å². The van der Waals surface area contributed by atoms with Crippen molar-refractivity contribution in [1.82, 2.24) is 9.97 Å². The summed E-state index contributed by atoms with van der Waals surface area (Å²) in [5.41, 5.74) is 1.73. The lowest BCUT2D eigenvalue weighted by atomic mass is 10.1. The molecule has 2 aromatic rings. The Bertz CT molecular complexity index is 665. The van der Waals surface area contributed by atoms with Crippen LogP contribution in [0.15, 0.2) is 34.9 Å². The molecule has 0 saturated carbocycles. The van der Waals surface area contributed by atoms with Crippen LogP contribution in [0.5, 0.6) is 0 Å². The number of anilines is 2. The van der Waals surface area contributed by atoms with Gasteiger partial charge in [0.25, 0.3) is 0 Å². The van der Waals surface area contributed by atoms with Crippen molar-refractivity contribution in [2.75, 3.05) is 23.8 Å². The van der Waals surface area contributed by atoms with Crippen LogP contribution in [0.25, 0.3) is 0 Å². The van der Waals surface area contributed by atoms with E-state index in [1.807, 2.05) is 37.1 Å². The van der Waals surface area contributed by atoms with E-state index in [1.54, 1.807) is 12.3 Å². The van der Waals surface area contributed by atoms with E-state index in [2.05, 4.69) is 37.3 Å². The summed E-state index contributed by atoms with van der Waals surface area (Å²) in [6.07, 6.45) is 1.74. The quantitative estimate of drug-likeness (QED) is 0.901. The van der Waals surface area contributed by atoms with Gasteiger partial charge in [0.05, 0.1) is 16.1 Å². The van der Waals surface area contributed by atoms with E-state index in [1.165, 1.54) is 0 Å². The average molecular weight is 346 g/mol. The molecule has 6 heteroatoms. The molecule has 0 amide bonds. The zero-order chi connectivity index (χ0) is 15.2. The molecule has 1 heterocycles. The topological polar surface area (TPSA) is 64.8 Å². The molecular formula is C15H16BrN5. The van der Waals surface area contributed by atoms with Crippen molar-refractivity contribution in [3.8, 4) is 6.07 Å². The van der Waals surface area contributed by atoms with Crippen molar-refractivity contribution in [3.05, 3.63) is 46.1 Å². The minimum absolute atomic E-state index is 0.605. The van der Waals surface area contributed by atoms with Gasteiger partial charge >= 0.3 is 0 Å². The van der Waals surface area contributed by atoms with E-state index in [0.29, 0.717) is 18.1 Å². The van der Waals surface area contributed by atoms with Crippen molar-refractivity contribution < 1.29 is 0 Å². The number of nitriles is 1. The Morgan fingerprint density at radius 1 is 1.43 bits per heavy atom. The molecule has 108 valence electrons. The third kappa shape index (κ3) is 3.92. The molecule has 0 radical (unpaired) electrons. The van der Waals surface area contributed by atoms with E-state index in [4.69, 9.17) is 5.26 Å². The second-order valence-corrected chi connectivity index (χ2v) is 5.42. The highest BCUT2D eigenvalue weighted by Crippen LogP contribution is 2.24. The Balaban J connectivity index is 2.21. The van der Waals surface area contributed by atoms with Crippen molar-refractivity contribution in [2.24, 2.45) is 0 Å². The van der Waals surface area contributed by atoms with Gasteiger partial charge in [-0.25, -0.2) is 4.98 Å². The Morgan fingerprint density at radius 3 is 2.95 bits per heavy atom. The SMILES string of the molecule is CCNc1ncc(Br)c(N(C)Cc2cccc(C#N)c2)n1. The van der Waals surface area contributed by atoms with Gasteiger partial charge in [0.1, 0.15) is 5.82 Å². The van der Waals surface area contributed by atoms with E-state index in [0.717, 1.165) is 22.4 Å². The fraction of sp³-hybridized carbons (Fsp3) is 0.267. The van der Waals surface area contributed by atoms with Gasteiger partial charge in [0, 0.05) is 26.3 Å². The summed E-state index contributed by atoms with van der Waals surface area (Å²) >= 11 is 3.48. The molecule has 2 rings (SSSR count). The third-order valence-corrected chi connectivity index (χ3v) is 3.46. The van der Waals surface area contributed by atoms with Gasteiger partial charge in [-0.15, -0.1) is 0 Å². The Hall–Kier alpha value is -2.13. The van der Waals surface area contributed by atoms with Crippen molar-refractivity contribution >= 4 is 27.7 Å². The lowest BCUT2D eigenvalue weighted by Gasteiger charge is -2.20.